The second-order valence-electron chi connectivity index (χ2n) is 5.98. The maximum absolute atomic E-state index is 12.5. The second kappa shape index (κ2) is 7.41. The molecule has 0 unspecified atom stereocenters. The van der Waals surface area contributed by atoms with E-state index in [1.807, 2.05) is 0 Å². The van der Waals surface area contributed by atoms with Crippen molar-refractivity contribution in [2.45, 2.75) is 13.8 Å². The number of phenolic OH excluding ortho intramolecular Hbond substituents is 2. The summed E-state index contributed by atoms with van der Waals surface area (Å²) in [6, 6.07) is 9.89. The molecule has 3 N–H and O–H groups in total. The Balaban J connectivity index is 2.23. The molecule has 7 heteroatoms. The number of benzene rings is 2. The van der Waals surface area contributed by atoms with Gasteiger partial charge in [0.2, 0.25) is 0 Å². The Hall–Kier alpha value is -3.48. The number of aromatic hydroxyl groups is 2. The van der Waals surface area contributed by atoms with Crippen molar-refractivity contribution in [1.82, 2.24) is 10.5 Å². The lowest BCUT2D eigenvalue weighted by atomic mass is 9.97. The van der Waals surface area contributed by atoms with Crippen LogP contribution in [0.5, 0.6) is 17.2 Å². The molecule has 0 aliphatic carbocycles. The lowest BCUT2D eigenvalue weighted by Gasteiger charge is -2.09. The first-order valence-electron chi connectivity index (χ1n) is 8.41. The fraction of sp³-hybridized carbons (Fsp3) is 0.200. The molecule has 7 nitrogen and oxygen atoms in total. The quantitative estimate of drug-likeness (QED) is 0.637. The monoisotopic (exact) mass is 368 g/mol. The number of amides is 1. The molecule has 0 radical (unpaired) electrons. The molecule has 1 amide bonds. The van der Waals surface area contributed by atoms with Gasteiger partial charge in [-0.05, 0) is 43.2 Å². The van der Waals surface area contributed by atoms with Crippen LogP contribution in [0, 0.1) is 6.92 Å². The fourth-order valence-corrected chi connectivity index (χ4v) is 2.77. The first-order chi connectivity index (χ1) is 13.0. The van der Waals surface area contributed by atoms with Crippen LogP contribution in [0.15, 0.2) is 40.9 Å². The van der Waals surface area contributed by atoms with Gasteiger partial charge in [-0.2, -0.15) is 0 Å². The minimum atomic E-state index is -0.381. The van der Waals surface area contributed by atoms with Gasteiger partial charge in [0.05, 0.1) is 18.2 Å². The van der Waals surface area contributed by atoms with E-state index in [-0.39, 0.29) is 28.9 Å². The third-order valence-electron chi connectivity index (χ3n) is 4.18. The van der Waals surface area contributed by atoms with Gasteiger partial charge in [0.25, 0.3) is 5.91 Å². The van der Waals surface area contributed by atoms with Crippen molar-refractivity contribution in [3.8, 4) is 39.7 Å². The Kier molecular flexibility index (Phi) is 5.03. The molecule has 3 aromatic rings. The summed E-state index contributed by atoms with van der Waals surface area (Å²) in [4.78, 5) is 12.5. The highest BCUT2D eigenvalue weighted by molar-refractivity contribution is 6.02. The van der Waals surface area contributed by atoms with Gasteiger partial charge in [0, 0.05) is 12.6 Å². The highest BCUT2D eigenvalue weighted by Crippen LogP contribution is 2.41. The Morgan fingerprint density at radius 2 is 1.89 bits per heavy atom. The summed E-state index contributed by atoms with van der Waals surface area (Å²) in [5, 5.41) is 26.7. The van der Waals surface area contributed by atoms with Crippen molar-refractivity contribution in [3.63, 3.8) is 0 Å². The highest BCUT2D eigenvalue weighted by Gasteiger charge is 2.26. The predicted molar refractivity (Wildman–Crippen MR) is 100 cm³/mol. The third-order valence-corrected chi connectivity index (χ3v) is 4.18. The molecule has 0 spiro atoms. The molecular formula is C20H20N2O5. The van der Waals surface area contributed by atoms with E-state index in [2.05, 4.69) is 10.5 Å². The largest absolute Gasteiger partial charge is 0.508 e. The average molecular weight is 368 g/mol. The van der Waals surface area contributed by atoms with E-state index in [1.165, 1.54) is 6.07 Å². The van der Waals surface area contributed by atoms with E-state index in [0.29, 0.717) is 34.5 Å². The van der Waals surface area contributed by atoms with Crippen molar-refractivity contribution in [2.75, 3.05) is 13.7 Å². The van der Waals surface area contributed by atoms with E-state index in [4.69, 9.17) is 9.26 Å². The zero-order valence-electron chi connectivity index (χ0n) is 15.2. The Morgan fingerprint density at radius 3 is 2.52 bits per heavy atom. The molecule has 0 bridgehead atoms. The number of carbonyl (C=O) groups is 1. The van der Waals surface area contributed by atoms with Crippen LogP contribution in [0.1, 0.15) is 23.0 Å². The van der Waals surface area contributed by atoms with Gasteiger partial charge < -0.3 is 24.8 Å². The summed E-state index contributed by atoms with van der Waals surface area (Å²) < 4.78 is 10.6. The number of phenols is 2. The standard InChI is InChI=1S/C20H20N2O5/c1-4-21-20(25)18-17(12-5-7-13(26-3)8-6-12)19(27-22-18)14-9-11(2)15(23)10-16(14)24/h5-10,23-24H,4H2,1-3H3,(H,21,25). The molecule has 0 saturated carbocycles. The number of methoxy groups -OCH3 is 1. The van der Waals surface area contributed by atoms with Crippen molar-refractivity contribution < 1.29 is 24.3 Å². The summed E-state index contributed by atoms with van der Waals surface area (Å²) in [6.07, 6.45) is 0. The zero-order valence-corrected chi connectivity index (χ0v) is 15.2. The molecular weight excluding hydrogens is 348 g/mol. The SMILES string of the molecule is CCNC(=O)c1noc(-c2cc(C)c(O)cc2O)c1-c1ccc(OC)cc1. The van der Waals surface area contributed by atoms with Crippen LogP contribution >= 0.6 is 0 Å². The molecule has 0 fully saturated rings. The van der Waals surface area contributed by atoms with Gasteiger partial charge in [0.15, 0.2) is 11.5 Å². The predicted octanol–water partition coefficient (Wildman–Crippen LogP) is 3.49. The fourth-order valence-electron chi connectivity index (χ4n) is 2.77. The van der Waals surface area contributed by atoms with Crippen LogP contribution in [-0.2, 0) is 0 Å². The molecule has 0 aliphatic heterocycles. The minimum absolute atomic E-state index is 0.0364. The Morgan fingerprint density at radius 1 is 1.19 bits per heavy atom. The van der Waals surface area contributed by atoms with Crippen molar-refractivity contribution in [1.29, 1.82) is 0 Å². The highest BCUT2D eigenvalue weighted by atomic mass is 16.5. The van der Waals surface area contributed by atoms with E-state index in [0.717, 1.165) is 0 Å². The Bertz CT molecular complexity index is 977. The van der Waals surface area contributed by atoms with Gasteiger partial charge in [-0.15, -0.1) is 0 Å². The lowest BCUT2D eigenvalue weighted by Crippen LogP contribution is -2.23. The maximum Gasteiger partial charge on any atom is 0.274 e. The second-order valence-corrected chi connectivity index (χ2v) is 5.98. The van der Waals surface area contributed by atoms with Crippen LogP contribution in [0.3, 0.4) is 0 Å². The average Bonchev–Trinajstić information content (AvgIpc) is 3.10. The molecule has 0 atom stereocenters. The number of aromatic nitrogens is 1. The van der Waals surface area contributed by atoms with Crippen LogP contribution in [0.4, 0.5) is 0 Å². The maximum atomic E-state index is 12.5. The summed E-state index contributed by atoms with van der Waals surface area (Å²) in [7, 11) is 1.57. The summed E-state index contributed by atoms with van der Waals surface area (Å²) in [6.45, 7) is 3.94. The molecule has 2 aromatic carbocycles. The Labute approximate surface area is 156 Å². The first-order valence-corrected chi connectivity index (χ1v) is 8.41. The number of rotatable bonds is 5. The molecule has 3 rings (SSSR count). The molecule has 27 heavy (non-hydrogen) atoms. The van der Waals surface area contributed by atoms with E-state index < -0.39 is 0 Å². The van der Waals surface area contributed by atoms with Gasteiger partial charge in [0.1, 0.15) is 17.2 Å². The number of nitrogens with one attached hydrogen (secondary N) is 1. The lowest BCUT2D eigenvalue weighted by molar-refractivity contribution is 0.0947. The summed E-state index contributed by atoms with van der Waals surface area (Å²) >= 11 is 0. The van der Waals surface area contributed by atoms with Gasteiger partial charge in [-0.25, -0.2) is 0 Å². The minimum Gasteiger partial charge on any atom is -0.508 e. The third kappa shape index (κ3) is 3.44. The van der Waals surface area contributed by atoms with Crippen molar-refractivity contribution >= 4 is 5.91 Å². The van der Waals surface area contributed by atoms with Crippen LogP contribution in [0.25, 0.3) is 22.5 Å². The van der Waals surface area contributed by atoms with Crippen LogP contribution in [0.2, 0.25) is 0 Å². The number of carbonyl (C=O) groups excluding carboxylic acids is 1. The van der Waals surface area contributed by atoms with Crippen molar-refractivity contribution in [2.24, 2.45) is 0 Å². The molecule has 140 valence electrons. The van der Waals surface area contributed by atoms with Crippen LogP contribution < -0.4 is 10.1 Å². The van der Waals surface area contributed by atoms with Crippen LogP contribution in [-0.4, -0.2) is 34.9 Å². The number of hydrogen-bond acceptors (Lipinski definition) is 6. The number of nitrogens with zero attached hydrogens (tertiary/aromatic N) is 1. The number of hydrogen-bond donors (Lipinski definition) is 3. The van der Waals surface area contributed by atoms with Gasteiger partial charge >= 0.3 is 0 Å². The topological polar surface area (TPSA) is 105 Å². The molecule has 0 saturated heterocycles. The van der Waals surface area contributed by atoms with Gasteiger partial charge in [-0.3, -0.25) is 4.79 Å². The normalized spacial score (nSPS) is 10.6. The smallest absolute Gasteiger partial charge is 0.274 e. The first kappa shape index (κ1) is 18.3. The summed E-state index contributed by atoms with van der Waals surface area (Å²) in [5.41, 5.74) is 2.13. The number of aryl methyl sites for hydroxylation is 1. The summed E-state index contributed by atoms with van der Waals surface area (Å²) in [5.74, 6) is 0.312. The van der Waals surface area contributed by atoms with Gasteiger partial charge in [-0.1, -0.05) is 17.3 Å². The van der Waals surface area contributed by atoms with E-state index in [1.54, 1.807) is 51.3 Å². The van der Waals surface area contributed by atoms with Crippen molar-refractivity contribution in [3.05, 3.63) is 47.7 Å². The zero-order chi connectivity index (χ0) is 19.6. The number of ether oxygens (including phenoxy) is 1. The molecule has 1 heterocycles. The van der Waals surface area contributed by atoms with E-state index >= 15 is 0 Å². The molecule has 0 aliphatic rings. The molecule has 1 aromatic heterocycles. The van der Waals surface area contributed by atoms with E-state index in [9.17, 15) is 15.0 Å².